The van der Waals surface area contributed by atoms with Crippen LogP contribution in [0.1, 0.15) is 33.6 Å². The summed E-state index contributed by atoms with van der Waals surface area (Å²) in [7, 11) is -3.10. The van der Waals surface area contributed by atoms with Crippen LogP contribution in [0, 0.1) is 11.3 Å². The first kappa shape index (κ1) is 12.3. The highest BCUT2D eigenvalue weighted by atomic mass is 32.2. The van der Waals surface area contributed by atoms with E-state index in [0.717, 1.165) is 0 Å². The van der Waals surface area contributed by atoms with E-state index in [1.54, 1.807) is 4.31 Å². The number of hydrogen-bond donors (Lipinski definition) is 1. The van der Waals surface area contributed by atoms with Gasteiger partial charge in [0.15, 0.2) is 0 Å². The zero-order chi connectivity index (χ0) is 12.2. The van der Waals surface area contributed by atoms with Gasteiger partial charge >= 0.3 is 0 Å². The van der Waals surface area contributed by atoms with Crippen molar-refractivity contribution >= 4 is 10.0 Å². The first-order valence-corrected chi connectivity index (χ1v) is 7.50. The molecule has 0 bridgehead atoms. The summed E-state index contributed by atoms with van der Waals surface area (Å²) in [5.74, 6) is 0.773. The van der Waals surface area contributed by atoms with Crippen LogP contribution in [-0.2, 0) is 10.0 Å². The lowest BCUT2D eigenvalue weighted by Gasteiger charge is -2.47. The third-order valence-corrected chi connectivity index (χ3v) is 5.62. The summed E-state index contributed by atoms with van der Waals surface area (Å²) in [5, 5.41) is 0. The Morgan fingerprint density at radius 3 is 2.19 bits per heavy atom. The molecule has 1 aliphatic heterocycles. The van der Waals surface area contributed by atoms with Crippen LogP contribution < -0.4 is 5.73 Å². The summed E-state index contributed by atoms with van der Waals surface area (Å²) in [6.45, 7) is 6.88. The van der Waals surface area contributed by atoms with Gasteiger partial charge in [0.05, 0.1) is 5.75 Å². The molecule has 16 heavy (non-hydrogen) atoms. The monoisotopic (exact) mass is 246 g/mol. The van der Waals surface area contributed by atoms with Crippen molar-refractivity contribution in [2.45, 2.75) is 39.2 Å². The molecule has 1 heterocycles. The van der Waals surface area contributed by atoms with E-state index in [-0.39, 0.29) is 16.7 Å². The second-order valence-corrected chi connectivity index (χ2v) is 8.56. The fourth-order valence-electron chi connectivity index (χ4n) is 2.36. The highest BCUT2D eigenvalue weighted by Crippen LogP contribution is 2.44. The van der Waals surface area contributed by atoms with E-state index >= 15 is 0 Å². The Bertz CT molecular complexity index is 373. The third kappa shape index (κ3) is 2.41. The summed E-state index contributed by atoms with van der Waals surface area (Å²) in [6, 6.07) is 0. The van der Waals surface area contributed by atoms with E-state index < -0.39 is 10.0 Å². The van der Waals surface area contributed by atoms with Crippen molar-refractivity contribution in [3.8, 4) is 0 Å². The lowest BCUT2D eigenvalue weighted by Crippen LogP contribution is -2.70. The van der Waals surface area contributed by atoms with E-state index in [2.05, 4.69) is 0 Å². The van der Waals surface area contributed by atoms with Gasteiger partial charge in [-0.1, -0.05) is 20.8 Å². The molecule has 1 aliphatic carbocycles. The number of sulfonamides is 1. The molecule has 1 saturated carbocycles. The van der Waals surface area contributed by atoms with Crippen LogP contribution in [0.25, 0.3) is 0 Å². The van der Waals surface area contributed by atoms with Crippen LogP contribution in [0.2, 0.25) is 0 Å². The van der Waals surface area contributed by atoms with Crippen molar-refractivity contribution in [3.05, 3.63) is 0 Å². The molecule has 2 N–H and O–H groups in total. The summed E-state index contributed by atoms with van der Waals surface area (Å²) in [5.41, 5.74) is 5.75. The Morgan fingerprint density at radius 2 is 1.81 bits per heavy atom. The predicted octanol–water partition coefficient (Wildman–Crippen LogP) is 0.785. The average Bonchev–Trinajstić information content (AvgIpc) is 2.74. The molecule has 0 aromatic carbocycles. The lowest BCUT2D eigenvalue weighted by molar-refractivity contribution is 0.134. The molecular formula is C11H22N2O2S. The summed E-state index contributed by atoms with van der Waals surface area (Å²) < 4.78 is 25.6. The summed E-state index contributed by atoms with van der Waals surface area (Å²) >= 11 is 0. The molecule has 2 aliphatic rings. The molecule has 4 nitrogen and oxygen atoms in total. The quantitative estimate of drug-likeness (QED) is 0.800. The third-order valence-electron chi connectivity index (χ3n) is 3.34. The van der Waals surface area contributed by atoms with E-state index in [9.17, 15) is 8.42 Å². The molecule has 2 fully saturated rings. The van der Waals surface area contributed by atoms with Gasteiger partial charge in [-0.05, 0) is 24.2 Å². The van der Waals surface area contributed by atoms with Crippen LogP contribution in [0.3, 0.4) is 0 Å². The van der Waals surface area contributed by atoms with Gasteiger partial charge in [0.1, 0.15) is 0 Å². The highest BCUT2D eigenvalue weighted by Gasteiger charge is 2.53. The number of nitrogens with two attached hydrogens (primary N) is 1. The summed E-state index contributed by atoms with van der Waals surface area (Å²) in [4.78, 5) is 0. The van der Waals surface area contributed by atoms with Crippen molar-refractivity contribution in [3.63, 3.8) is 0 Å². The molecule has 0 atom stereocenters. The van der Waals surface area contributed by atoms with Crippen LogP contribution in [-0.4, -0.2) is 37.1 Å². The molecule has 0 unspecified atom stereocenters. The molecular weight excluding hydrogens is 224 g/mol. The van der Waals surface area contributed by atoms with Crippen molar-refractivity contribution in [1.82, 2.24) is 4.31 Å². The van der Waals surface area contributed by atoms with Gasteiger partial charge in [-0.2, -0.15) is 4.31 Å². The van der Waals surface area contributed by atoms with E-state index in [4.69, 9.17) is 5.73 Å². The van der Waals surface area contributed by atoms with Gasteiger partial charge in [0.2, 0.25) is 10.0 Å². The minimum atomic E-state index is -3.10. The molecule has 5 heteroatoms. The summed E-state index contributed by atoms with van der Waals surface area (Å²) in [6.07, 6.45) is 2.34. The first-order chi connectivity index (χ1) is 7.12. The van der Waals surface area contributed by atoms with Crippen LogP contribution in [0.15, 0.2) is 0 Å². The Kier molecular flexibility index (Phi) is 2.64. The Hall–Kier alpha value is -0.130. The fourth-order valence-corrected chi connectivity index (χ4v) is 4.51. The number of rotatable bonds is 3. The van der Waals surface area contributed by atoms with Crippen molar-refractivity contribution in [1.29, 1.82) is 0 Å². The smallest absolute Gasteiger partial charge is 0.214 e. The van der Waals surface area contributed by atoms with E-state index in [1.165, 1.54) is 12.8 Å². The van der Waals surface area contributed by atoms with Crippen LogP contribution >= 0.6 is 0 Å². The standard InChI is InChI=1S/C11H22N2O2S/c1-10(2,3)8-16(14,15)13-6-11(12,7-13)9-4-5-9/h9H,4-8,12H2,1-3H3. The van der Waals surface area contributed by atoms with Crippen molar-refractivity contribution in [2.24, 2.45) is 17.1 Å². The Morgan fingerprint density at radius 1 is 1.31 bits per heavy atom. The zero-order valence-electron chi connectivity index (χ0n) is 10.4. The van der Waals surface area contributed by atoms with Crippen LogP contribution in [0.5, 0.6) is 0 Å². The van der Waals surface area contributed by atoms with Crippen LogP contribution in [0.4, 0.5) is 0 Å². The van der Waals surface area contributed by atoms with Gasteiger partial charge in [0, 0.05) is 18.6 Å². The molecule has 94 valence electrons. The first-order valence-electron chi connectivity index (χ1n) is 5.89. The second-order valence-electron chi connectivity index (χ2n) is 6.59. The zero-order valence-corrected chi connectivity index (χ0v) is 11.2. The minimum Gasteiger partial charge on any atom is -0.323 e. The number of nitrogens with zero attached hydrogens (tertiary/aromatic N) is 1. The van der Waals surface area contributed by atoms with Gasteiger partial charge in [-0.15, -0.1) is 0 Å². The maximum Gasteiger partial charge on any atom is 0.214 e. The second kappa shape index (κ2) is 3.43. The largest absolute Gasteiger partial charge is 0.323 e. The normalized spacial score (nSPS) is 26.5. The maximum absolute atomic E-state index is 12.0. The maximum atomic E-state index is 12.0. The molecule has 2 rings (SSSR count). The lowest BCUT2D eigenvalue weighted by atomic mass is 9.88. The molecule has 0 radical (unpaired) electrons. The molecule has 0 aromatic heterocycles. The Balaban J connectivity index is 1.95. The molecule has 1 saturated heterocycles. The molecule has 0 aromatic rings. The highest BCUT2D eigenvalue weighted by molar-refractivity contribution is 7.89. The number of hydrogen-bond acceptors (Lipinski definition) is 3. The molecule has 0 amide bonds. The van der Waals surface area contributed by atoms with E-state index in [1.807, 2.05) is 20.8 Å². The SMILES string of the molecule is CC(C)(C)CS(=O)(=O)N1CC(N)(C2CC2)C1. The Labute approximate surface area is 98.2 Å². The van der Waals surface area contributed by atoms with Gasteiger partial charge in [0.25, 0.3) is 0 Å². The van der Waals surface area contributed by atoms with Crippen molar-refractivity contribution < 1.29 is 8.42 Å². The fraction of sp³-hybridized carbons (Fsp3) is 1.00. The van der Waals surface area contributed by atoms with E-state index in [0.29, 0.717) is 19.0 Å². The van der Waals surface area contributed by atoms with Crippen molar-refractivity contribution in [2.75, 3.05) is 18.8 Å². The average molecular weight is 246 g/mol. The predicted molar refractivity (Wildman–Crippen MR) is 64.5 cm³/mol. The minimum absolute atomic E-state index is 0.189. The van der Waals surface area contributed by atoms with Gasteiger partial charge < -0.3 is 5.73 Å². The topological polar surface area (TPSA) is 63.4 Å². The van der Waals surface area contributed by atoms with Gasteiger partial charge in [-0.3, -0.25) is 0 Å². The van der Waals surface area contributed by atoms with Gasteiger partial charge in [-0.25, -0.2) is 8.42 Å². The molecule has 0 spiro atoms.